The highest BCUT2D eigenvalue weighted by atomic mass is 16.5. The average Bonchev–Trinajstić information content (AvgIpc) is 2.62. The zero-order chi connectivity index (χ0) is 19.0. The normalized spacial score (nSPS) is 46.9. The first-order valence-electron chi connectivity index (χ1n) is 11.3. The van der Waals surface area contributed by atoms with Crippen molar-refractivity contribution in [1.29, 1.82) is 0 Å². The average molecular weight is 382 g/mol. The fourth-order valence-corrected chi connectivity index (χ4v) is 6.99. The lowest BCUT2D eigenvalue weighted by Gasteiger charge is -2.56. The Bertz CT molecular complexity index is 463. The molecule has 0 aromatic heterocycles. The lowest BCUT2D eigenvalue weighted by Crippen LogP contribution is -2.60. The van der Waals surface area contributed by atoms with Crippen LogP contribution in [0, 0.1) is 23.2 Å². The van der Waals surface area contributed by atoms with Crippen LogP contribution in [-0.2, 0) is 4.74 Å². The van der Waals surface area contributed by atoms with Gasteiger partial charge in [-0.15, -0.1) is 0 Å². The second kappa shape index (κ2) is 8.27. The quantitative estimate of drug-likeness (QED) is 0.562. The van der Waals surface area contributed by atoms with Crippen molar-refractivity contribution in [2.24, 2.45) is 23.2 Å². The fraction of sp³-hybridized carbons (Fsp3) is 1.00. The summed E-state index contributed by atoms with van der Waals surface area (Å²) in [6, 6.07) is -0.101. The fourth-order valence-electron chi connectivity index (χ4n) is 6.99. The molecule has 5 rings (SSSR count). The number of unbranched alkanes of at least 4 members (excludes halogenated alkanes) is 2. The predicted molar refractivity (Wildman–Crippen MR) is 104 cm³/mol. The van der Waals surface area contributed by atoms with Crippen molar-refractivity contribution in [2.75, 3.05) is 26.3 Å². The third-order valence-electron chi connectivity index (χ3n) is 8.04. The molecule has 4 bridgehead atoms. The Kier molecular flexibility index (Phi) is 6.15. The Morgan fingerprint density at radius 2 is 1.52 bits per heavy atom. The number of aliphatic hydroxyl groups excluding tert-OH is 3. The largest absolute Gasteiger partial charge is 0.389 e. The topological polar surface area (TPSA) is 73.2 Å². The van der Waals surface area contributed by atoms with Gasteiger partial charge in [0.2, 0.25) is 0 Å². The van der Waals surface area contributed by atoms with Crippen molar-refractivity contribution in [3.63, 3.8) is 0 Å². The van der Waals surface area contributed by atoms with Crippen molar-refractivity contribution >= 4 is 0 Å². The number of hydrogen-bond donors (Lipinski definition) is 3. The highest BCUT2D eigenvalue weighted by molar-refractivity contribution is 5.01. The standard InChI is InChI=1S/C22H39NO4/c1-15-20(25)21(26)19(24)13-23(15)5-3-2-4-6-27-14-22-10-16-7-17(11-22)9-18(8-16)12-22/h15-21,24-26H,2-14H2,1H3/t15-,16?,17?,18?,19+,20-,21-,22?/m1/s1. The minimum atomic E-state index is -1.02. The summed E-state index contributed by atoms with van der Waals surface area (Å²) < 4.78 is 6.15. The molecule has 0 amide bonds. The van der Waals surface area contributed by atoms with Gasteiger partial charge in [0.05, 0.1) is 18.8 Å². The van der Waals surface area contributed by atoms with Crippen molar-refractivity contribution in [1.82, 2.24) is 4.90 Å². The van der Waals surface area contributed by atoms with E-state index in [9.17, 15) is 15.3 Å². The van der Waals surface area contributed by atoms with Crippen LogP contribution in [0.3, 0.4) is 0 Å². The van der Waals surface area contributed by atoms with Crippen molar-refractivity contribution in [3.8, 4) is 0 Å². The Morgan fingerprint density at radius 3 is 2.15 bits per heavy atom. The molecule has 1 aliphatic heterocycles. The lowest BCUT2D eigenvalue weighted by atomic mass is 9.50. The van der Waals surface area contributed by atoms with Gasteiger partial charge in [-0.3, -0.25) is 4.90 Å². The molecule has 156 valence electrons. The first-order chi connectivity index (χ1) is 13.0. The van der Waals surface area contributed by atoms with Crippen molar-refractivity contribution in [2.45, 2.75) is 89.1 Å². The number of nitrogens with zero attached hydrogens (tertiary/aromatic N) is 1. The van der Waals surface area contributed by atoms with E-state index < -0.39 is 18.3 Å². The minimum absolute atomic E-state index is 0.101. The van der Waals surface area contributed by atoms with E-state index in [0.29, 0.717) is 12.0 Å². The number of rotatable bonds is 8. The third-order valence-corrected chi connectivity index (χ3v) is 8.04. The predicted octanol–water partition coefficient (Wildman–Crippen LogP) is 2.18. The Hall–Kier alpha value is -0.200. The Balaban J connectivity index is 1.10. The second-order valence-corrected chi connectivity index (χ2v) is 10.3. The van der Waals surface area contributed by atoms with Crippen LogP contribution in [0.4, 0.5) is 0 Å². The molecule has 1 saturated heterocycles. The van der Waals surface area contributed by atoms with Gasteiger partial charge < -0.3 is 20.1 Å². The molecular formula is C22H39NO4. The van der Waals surface area contributed by atoms with Crippen LogP contribution in [0.5, 0.6) is 0 Å². The van der Waals surface area contributed by atoms with Crippen LogP contribution in [-0.4, -0.2) is 70.9 Å². The summed E-state index contributed by atoms with van der Waals surface area (Å²) in [4.78, 5) is 2.10. The maximum atomic E-state index is 10.0. The molecule has 1 heterocycles. The van der Waals surface area contributed by atoms with Gasteiger partial charge in [0.1, 0.15) is 6.10 Å². The number of β-amino-alcohol motifs (C(OH)–C–C–N with tert-alkyl or cyclic N) is 1. The second-order valence-electron chi connectivity index (χ2n) is 10.3. The Labute approximate surface area is 164 Å². The van der Waals surface area contributed by atoms with Crippen LogP contribution < -0.4 is 0 Å². The lowest BCUT2D eigenvalue weighted by molar-refractivity contribution is -0.133. The molecule has 0 unspecified atom stereocenters. The van der Waals surface area contributed by atoms with Gasteiger partial charge in [-0.05, 0) is 94.4 Å². The number of ether oxygens (including phenoxy) is 1. The molecule has 4 atom stereocenters. The molecule has 0 radical (unpaired) electrons. The van der Waals surface area contributed by atoms with E-state index in [1.165, 1.54) is 38.5 Å². The number of hydrogen-bond acceptors (Lipinski definition) is 5. The molecule has 0 aromatic carbocycles. The molecule has 5 aliphatic rings. The summed E-state index contributed by atoms with van der Waals surface area (Å²) >= 11 is 0. The first-order valence-corrected chi connectivity index (χ1v) is 11.3. The summed E-state index contributed by atoms with van der Waals surface area (Å²) in [5, 5.41) is 29.6. The van der Waals surface area contributed by atoms with E-state index in [4.69, 9.17) is 4.74 Å². The highest BCUT2D eigenvalue weighted by Crippen LogP contribution is 2.60. The smallest absolute Gasteiger partial charge is 0.108 e. The SMILES string of the molecule is C[C@@H]1[C@@H](O)[C@H](O)[C@@H](O)CN1CCCCCOCC12CC3CC(CC(C3)C1)C2. The van der Waals surface area contributed by atoms with Gasteiger partial charge in [-0.1, -0.05) is 0 Å². The molecule has 5 heteroatoms. The zero-order valence-electron chi connectivity index (χ0n) is 16.9. The van der Waals surface area contributed by atoms with Crippen molar-refractivity contribution < 1.29 is 20.1 Å². The maximum absolute atomic E-state index is 10.0. The molecule has 0 spiro atoms. The molecule has 0 aromatic rings. The van der Waals surface area contributed by atoms with E-state index in [2.05, 4.69) is 4.90 Å². The summed E-state index contributed by atoms with van der Waals surface area (Å²) in [5.41, 5.74) is 0.519. The number of piperidine rings is 1. The third kappa shape index (κ3) is 4.37. The number of likely N-dealkylation sites (tertiary alicyclic amines) is 1. The summed E-state index contributed by atoms with van der Waals surface area (Å²) in [7, 11) is 0. The van der Waals surface area contributed by atoms with Gasteiger partial charge in [-0.25, -0.2) is 0 Å². The van der Waals surface area contributed by atoms with Gasteiger partial charge in [0.25, 0.3) is 0 Å². The summed E-state index contributed by atoms with van der Waals surface area (Å²) in [6.07, 6.45) is 9.25. The van der Waals surface area contributed by atoms with Crippen LogP contribution in [0.25, 0.3) is 0 Å². The van der Waals surface area contributed by atoms with Crippen LogP contribution in [0.2, 0.25) is 0 Å². The van der Waals surface area contributed by atoms with Gasteiger partial charge in [0, 0.05) is 19.2 Å². The summed E-state index contributed by atoms with van der Waals surface area (Å²) in [5.74, 6) is 2.99. The van der Waals surface area contributed by atoms with E-state index in [-0.39, 0.29) is 6.04 Å². The van der Waals surface area contributed by atoms with Gasteiger partial charge in [0.15, 0.2) is 0 Å². The molecular weight excluding hydrogens is 342 g/mol. The molecule has 4 aliphatic carbocycles. The highest BCUT2D eigenvalue weighted by Gasteiger charge is 2.50. The monoisotopic (exact) mass is 381 g/mol. The molecule has 3 N–H and O–H groups in total. The number of aliphatic hydroxyl groups is 3. The molecule has 27 heavy (non-hydrogen) atoms. The molecule has 5 nitrogen and oxygen atoms in total. The van der Waals surface area contributed by atoms with Gasteiger partial charge in [-0.2, -0.15) is 0 Å². The van der Waals surface area contributed by atoms with E-state index in [1.807, 2.05) is 6.92 Å². The van der Waals surface area contributed by atoms with E-state index >= 15 is 0 Å². The van der Waals surface area contributed by atoms with E-state index in [0.717, 1.165) is 56.8 Å². The van der Waals surface area contributed by atoms with Crippen LogP contribution in [0.1, 0.15) is 64.7 Å². The van der Waals surface area contributed by atoms with Crippen molar-refractivity contribution in [3.05, 3.63) is 0 Å². The zero-order valence-corrected chi connectivity index (χ0v) is 16.9. The van der Waals surface area contributed by atoms with Crippen LogP contribution >= 0.6 is 0 Å². The molecule has 5 fully saturated rings. The van der Waals surface area contributed by atoms with E-state index in [1.54, 1.807) is 0 Å². The Morgan fingerprint density at radius 1 is 0.889 bits per heavy atom. The minimum Gasteiger partial charge on any atom is -0.389 e. The maximum Gasteiger partial charge on any atom is 0.108 e. The first kappa shape index (κ1) is 20.1. The molecule has 4 saturated carbocycles. The summed E-state index contributed by atoms with van der Waals surface area (Å²) in [6.45, 7) is 5.07. The van der Waals surface area contributed by atoms with Gasteiger partial charge >= 0.3 is 0 Å². The van der Waals surface area contributed by atoms with Crippen LogP contribution in [0.15, 0.2) is 0 Å².